The molecule has 0 unspecified atom stereocenters. The zero-order valence-corrected chi connectivity index (χ0v) is 17.8. The standard InChI is InChI=1S/C22H25N5O2S/c1-16-13-17-7-2-3-9-19(17)27(16)20(28)15-30-22-24-23-21(25-10-4-5-11-25)26(22)14-18-8-6-12-29-18/h2-3,6-9,12,16H,4-5,10-11,13-15H2,1H3/t16-/m1/s1. The van der Waals surface area contributed by atoms with Gasteiger partial charge in [-0.15, -0.1) is 10.2 Å². The molecule has 7 nitrogen and oxygen atoms in total. The maximum absolute atomic E-state index is 13.1. The van der Waals surface area contributed by atoms with Crippen LogP contribution in [0, 0.1) is 0 Å². The summed E-state index contributed by atoms with van der Waals surface area (Å²) >= 11 is 1.45. The maximum atomic E-state index is 13.1. The number of rotatable bonds is 6. The van der Waals surface area contributed by atoms with E-state index >= 15 is 0 Å². The van der Waals surface area contributed by atoms with Crippen LogP contribution >= 0.6 is 11.8 Å². The fraction of sp³-hybridized carbons (Fsp3) is 0.409. The molecule has 2 aromatic heterocycles. The smallest absolute Gasteiger partial charge is 0.237 e. The van der Waals surface area contributed by atoms with E-state index < -0.39 is 0 Å². The Bertz CT molecular complexity index is 1030. The highest BCUT2D eigenvalue weighted by molar-refractivity contribution is 7.99. The molecule has 1 amide bonds. The number of amides is 1. The zero-order chi connectivity index (χ0) is 20.5. The normalized spacial score (nSPS) is 18.2. The molecule has 8 heteroatoms. The van der Waals surface area contributed by atoms with Gasteiger partial charge in [-0.3, -0.25) is 9.36 Å². The van der Waals surface area contributed by atoms with Gasteiger partial charge in [0.25, 0.3) is 0 Å². The zero-order valence-electron chi connectivity index (χ0n) is 17.0. The number of aromatic nitrogens is 3. The first-order valence-electron chi connectivity index (χ1n) is 10.4. The van der Waals surface area contributed by atoms with Gasteiger partial charge < -0.3 is 14.2 Å². The van der Waals surface area contributed by atoms with Crippen molar-refractivity contribution >= 4 is 29.3 Å². The van der Waals surface area contributed by atoms with Crippen LogP contribution in [0.25, 0.3) is 0 Å². The maximum Gasteiger partial charge on any atom is 0.237 e. The number of hydrogen-bond acceptors (Lipinski definition) is 6. The van der Waals surface area contributed by atoms with Crippen molar-refractivity contribution in [3.63, 3.8) is 0 Å². The molecule has 0 radical (unpaired) electrons. The Morgan fingerprint density at radius 2 is 2.00 bits per heavy atom. The number of furan rings is 1. The number of thioether (sulfide) groups is 1. The molecule has 0 bridgehead atoms. The Morgan fingerprint density at radius 1 is 1.17 bits per heavy atom. The van der Waals surface area contributed by atoms with Crippen molar-refractivity contribution in [1.29, 1.82) is 0 Å². The van der Waals surface area contributed by atoms with Gasteiger partial charge in [0, 0.05) is 24.8 Å². The minimum atomic E-state index is 0.104. The molecule has 0 saturated carbocycles. The molecule has 0 spiro atoms. The largest absolute Gasteiger partial charge is 0.467 e. The predicted molar refractivity (Wildman–Crippen MR) is 117 cm³/mol. The molecule has 0 aliphatic carbocycles. The van der Waals surface area contributed by atoms with Crippen LogP contribution < -0.4 is 9.80 Å². The number of para-hydroxylation sites is 1. The highest BCUT2D eigenvalue weighted by Gasteiger charge is 2.31. The van der Waals surface area contributed by atoms with Crippen LogP contribution in [0.4, 0.5) is 11.6 Å². The summed E-state index contributed by atoms with van der Waals surface area (Å²) in [6, 6.07) is 12.2. The summed E-state index contributed by atoms with van der Waals surface area (Å²) in [6.07, 6.45) is 4.92. The van der Waals surface area contributed by atoms with Gasteiger partial charge in [-0.05, 0) is 49.9 Å². The number of carbonyl (C=O) groups excluding carboxylic acids is 1. The predicted octanol–water partition coefficient (Wildman–Crippen LogP) is 3.59. The van der Waals surface area contributed by atoms with Gasteiger partial charge in [0.1, 0.15) is 5.76 Å². The molecular formula is C22H25N5O2S. The monoisotopic (exact) mass is 423 g/mol. The van der Waals surface area contributed by atoms with E-state index in [0.29, 0.717) is 12.3 Å². The van der Waals surface area contributed by atoms with E-state index in [9.17, 15) is 4.79 Å². The van der Waals surface area contributed by atoms with Crippen molar-refractivity contribution in [3.8, 4) is 0 Å². The fourth-order valence-electron chi connectivity index (χ4n) is 4.38. The third-order valence-corrected chi connectivity index (χ3v) is 6.73. The number of anilines is 2. The van der Waals surface area contributed by atoms with E-state index in [1.807, 2.05) is 35.2 Å². The summed E-state index contributed by atoms with van der Waals surface area (Å²) in [6.45, 7) is 4.64. The molecule has 2 aliphatic rings. The van der Waals surface area contributed by atoms with Crippen LogP contribution in [0.1, 0.15) is 31.1 Å². The van der Waals surface area contributed by atoms with Crippen molar-refractivity contribution in [1.82, 2.24) is 14.8 Å². The van der Waals surface area contributed by atoms with E-state index in [0.717, 1.165) is 42.1 Å². The number of fused-ring (bicyclic) bond motifs is 1. The molecule has 5 rings (SSSR count). The average Bonchev–Trinajstić information content (AvgIpc) is 3.53. The summed E-state index contributed by atoms with van der Waals surface area (Å²) in [4.78, 5) is 17.3. The van der Waals surface area contributed by atoms with Gasteiger partial charge in [-0.25, -0.2) is 0 Å². The summed E-state index contributed by atoms with van der Waals surface area (Å²) < 4.78 is 7.63. The SMILES string of the molecule is C[C@@H]1Cc2ccccc2N1C(=O)CSc1nnc(N2CCCC2)n1Cc1ccco1. The number of carbonyl (C=O) groups is 1. The van der Waals surface area contributed by atoms with Crippen molar-refractivity contribution < 1.29 is 9.21 Å². The van der Waals surface area contributed by atoms with Crippen molar-refractivity contribution in [2.75, 3.05) is 28.6 Å². The van der Waals surface area contributed by atoms with Gasteiger partial charge in [0.15, 0.2) is 5.16 Å². The van der Waals surface area contributed by atoms with Gasteiger partial charge >= 0.3 is 0 Å². The van der Waals surface area contributed by atoms with E-state index in [1.54, 1.807) is 6.26 Å². The lowest BCUT2D eigenvalue weighted by Gasteiger charge is -2.22. The van der Waals surface area contributed by atoms with E-state index in [4.69, 9.17) is 4.42 Å². The van der Waals surface area contributed by atoms with Gasteiger partial charge in [-0.2, -0.15) is 0 Å². The van der Waals surface area contributed by atoms with Gasteiger partial charge in [0.05, 0.1) is 18.6 Å². The Hall–Kier alpha value is -2.74. The summed E-state index contributed by atoms with van der Waals surface area (Å²) in [5.41, 5.74) is 2.27. The minimum absolute atomic E-state index is 0.104. The topological polar surface area (TPSA) is 67.4 Å². The van der Waals surface area contributed by atoms with Crippen molar-refractivity contribution in [2.24, 2.45) is 0 Å². The van der Waals surface area contributed by atoms with E-state index in [-0.39, 0.29) is 11.9 Å². The van der Waals surface area contributed by atoms with Crippen LogP contribution in [0.15, 0.2) is 52.2 Å². The first-order chi connectivity index (χ1) is 14.7. The van der Waals surface area contributed by atoms with Crippen LogP contribution in [0.2, 0.25) is 0 Å². The van der Waals surface area contributed by atoms with Crippen molar-refractivity contribution in [2.45, 2.75) is 43.9 Å². The second-order valence-corrected chi connectivity index (χ2v) is 8.82. The van der Waals surface area contributed by atoms with Crippen LogP contribution in [0.5, 0.6) is 0 Å². The number of nitrogens with zero attached hydrogens (tertiary/aromatic N) is 5. The molecule has 1 saturated heterocycles. The molecule has 30 heavy (non-hydrogen) atoms. The van der Waals surface area contributed by atoms with Crippen LogP contribution in [-0.2, 0) is 17.8 Å². The molecule has 1 aromatic carbocycles. The lowest BCUT2D eigenvalue weighted by Crippen LogP contribution is -2.37. The van der Waals surface area contributed by atoms with E-state index in [1.165, 1.54) is 30.2 Å². The molecule has 4 heterocycles. The second kappa shape index (κ2) is 8.18. The molecule has 156 valence electrons. The Balaban J connectivity index is 1.35. The highest BCUT2D eigenvalue weighted by atomic mass is 32.2. The Labute approximate surface area is 180 Å². The second-order valence-electron chi connectivity index (χ2n) is 7.88. The summed E-state index contributed by atoms with van der Waals surface area (Å²) in [5, 5.41) is 9.63. The Kier molecular flexibility index (Phi) is 5.25. The molecule has 3 aromatic rings. The lowest BCUT2D eigenvalue weighted by atomic mass is 10.1. The average molecular weight is 424 g/mol. The number of hydrogen-bond donors (Lipinski definition) is 0. The van der Waals surface area contributed by atoms with Gasteiger partial charge in [-0.1, -0.05) is 30.0 Å². The lowest BCUT2D eigenvalue weighted by molar-refractivity contribution is -0.116. The van der Waals surface area contributed by atoms with Gasteiger partial charge in [0.2, 0.25) is 11.9 Å². The fourth-order valence-corrected chi connectivity index (χ4v) is 5.17. The van der Waals surface area contributed by atoms with E-state index in [2.05, 4.69) is 32.7 Å². The van der Waals surface area contributed by atoms with Crippen LogP contribution in [0.3, 0.4) is 0 Å². The molecule has 1 fully saturated rings. The molecule has 2 aliphatic heterocycles. The number of benzene rings is 1. The third kappa shape index (κ3) is 3.60. The molecular weight excluding hydrogens is 398 g/mol. The summed E-state index contributed by atoms with van der Waals surface area (Å²) in [7, 11) is 0. The first kappa shape index (κ1) is 19.2. The van der Waals surface area contributed by atoms with Crippen LogP contribution in [-0.4, -0.2) is 45.6 Å². The summed E-state index contributed by atoms with van der Waals surface area (Å²) in [5.74, 6) is 2.14. The van der Waals surface area contributed by atoms with Crippen molar-refractivity contribution in [3.05, 3.63) is 54.0 Å². The third-order valence-electron chi connectivity index (χ3n) is 5.78. The molecule has 0 N–H and O–H groups in total. The quantitative estimate of drug-likeness (QED) is 0.565. The minimum Gasteiger partial charge on any atom is -0.467 e. The first-order valence-corrected chi connectivity index (χ1v) is 11.4. The highest BCUT2D eigenvalue weighted by Crippen LogP contribution is 2.33. The Morgan fingerprint density at radius 3 is 2.80 bits per heavy atom. The molecule has 1 atom stereocenters.